The molecule has 2 rings (SSSR count). The predicted octanol–water partition coefficient (Wildman–Crippen LogP) is 0.729. The van der Waals surface area contributed by atoms with E-state index in [1.807, 2.05) is 37.8 Å². The highest BCUT2D eigenvalue weighted by molar-refractivity contribution is 5.12. The molecule has 0 unspecified atom stereocenters. The zero-order valence-electron chi connectivity index (χ0n) is 8.22. The number of nitrogens with zero attached hydrogens (tertiary/aromatic N) is 3. The van der Waals surface area contributed by atoms with Crippen molar-refractivity contribution >= 4 is 0 Å². The molecule has 0 aliphatic rings. The maximum atomic E-state index is 5.61. The average Bonchev–Trinajstić information content (AvgIpc) is 2.76. The number of hydrogen-bond donors (Lipinski definition) is 1. The summed E-state index contributed by atoms with van der Waals surface area (Å²) in [5, 5.41) is 4.12. The SMILES string of the molecule is Cn1cc(Cn2cccc2CN)cn1. The summed E-state index contributed by atoms with van der Waals surface area (Å²) in [7, 11) is 1.92. The van der Waals surface area contributed by atoms with Crippen LogP contribution in [-0.4, -0.2) is 14.3 Å². The first-order chi connectivity index (χ1) is 6.79. The van der Waals surface area contributed by atoms with Crippen LogP contribution in [0.2, 0.25) is 0 Å². The number of aromatic nitrogens is 3. The summed E-state index contributed by atoms with van der Waals surface area (Å²) in [5.74, 6) is 0. The zero-order valence-corrected chi connectivity index (χ0v) is 8.22. The Balaban J connectivity index is 2.18. The van der Waals surface area contributed by atoms with Gasteiger partial charge in [0.2, 0.25) is 0 Å². The third-order valence-electron chi connectivity index (χ3n) is 2.24. The number of aryl methyl sites for hydroxylation is 1. The molecule has 2 N–H and O–H groups in total. The van der Waals surface area contributed by atoms with Gasteiger partial charge in [-0.2, -0.15) is 5.10 Å². The van der Waals surface area contributed by atoms with Crippen LogP contribution in [0.25, 0.3) is 0 Å². The van der Waals surface area contributed by atoms with Crippen LogP contribution in [-0.2, 0) is 20.1 Å². The van der Waals surface area contributed by atoms with Crippen molar-refractivity contribution in [3.05, 3.63) is 42.0 Å². The molecular weight excluding hydrogens is 176 g/mol. The Labute approximate surface area is 82.9 Å². The molecule has 0 spiro atoms. The van der Waals surface area contributed by atoms with E-state index in [1.54, 1.807) is 4.68 Å². The highest BCUT2D eigenvalue weighted by Gasteiger charge is 2.01. The van der Waals surface area contributed by atoms with Gasteiger partial charge in [0, 0.05) is 37.2 Å². The summed E-state index contributed by atoms with van der Waals surface area (Å²) in [5.41, 5.74) is 7.95. The number of rotatable bonds is 3. The van der Waals surface area contributed by atoms with Gasteiger partial charge < -0.3 is 10.3 Å². The Hall–Kier alpha value is -1.55. The number of hydrogen-bond acceptors (Lipinski definition) is 2. The van der Waals surface area contributed by atoms with Gasteiger partial charge in [0.25, 0.3) is 0 Å². The second kappa shape index (κ2) is 3.67. The minimum absolute atomic E-state index is 0.577. The van der Waals surface area contributed by atoms with Crippen molar-refractivity contribution in [3.63, 3.8) is 0 Å². The first kappa shape index (κ1) is 9.02. The van der Waals surface area contributed by atoms with E-state index in [1.165, 1.54) is 5.56 Å². The molecular formula is C10H14N4. The molecule has 0 fully saturated rings. The summed E-state index contributed by atoms with van der Waals surface area (Å²) >= 11 is 0. The van der Waals surface area contributed by atoms with E-state index in [9.17, 15) is 0 Å². The van der Waals surface area contributed by atoms with Gasteiger partial charge in [0.05, 0.1) is 12.7 Å². The summed E-state index contributed by atoms with van der Waals surface area (Å²) in [4.78, 5) is 0. The van der Waals surface area contributed by atoms with E-state index in [2.05, 4.69) is 9.67 Å². The van der Waals surface area contributed by atoms with E-state index >= 15 is 0 Å². The van der Waals surface area contributed by atoms with Crippen molar-refractivity contribution in [2.24, 2.45) is 12.8 Å². The topological polar surface area (TPSA) is 48.8 Å². The van der Waals surface area contributed by atoms with Gasteiger partial charge in [0.15, 0.2) is 0 Å². The lowest BCUT2D eigenvalue weighted by molar-refractivity contribution is 0.739. The van der Waals surface area contributed by atoms with Gasteiger partial charge in [-0.1, -0.05) is 0 Å². The van der Waals surface area contributed by atoms with Crippen molar-refractivity contribution in [2.75, 3.05) is 0 Å². The molecule has 4 heteroatoms. The maximum Gasteiger partial charge on any atom is 0.0539 e. The Bertz CT molecular complexity index is 413. The molecule has 0 radical (unpaired) electrons. The molecule has 0 saturated carbocycles. The summed E-state index contributed by atoms with van der Waals surface area (Å²) in [6.45, 7) is 1.42. The third kappa shape index (κ3) is 1.70. The van der Waals surface area contributed by atoms with E-state index in [4.69, 9.17) is 5.73 Å². The molecule has 4 nitrogen and oxygen atoms in total. The van der Waals surface area contributed by atoms with Crippen molar-refractivity contribution in [2.45, 2.75) is 13.1 Å². The molecule has 2 aromatic rings. The van der Waals surface area contributed by atoms with Crippen LogP contribution in [0.4, 0.5) is 0 Å². The molecule has 74 valence electrons. The molecule has 14 heavy (non-hydrogen) atoms. The molecule has 2 aromatic heterocycles. The predicted molar refractivity (Wildman–Crippen MR) is 54.6 cm³/mol. The molecule has 0 aliphatic heterocycles. The molecule has 0 aromatic carbocycles. The van der Waals surface area contributed by atoms with Crippen molar-refractivity contribution in [1.29, 1.82) is 0 Å². The average molecular weight is 190 g/mol. The van der Waals surface area contributed by atoms with E-state index in [0.29, 0.717) is 6.54 Å². The van der Waals surface area contributed by atoms with Crippen LogP contribution in [0.1, 0.15) is 11.3 Å². The van der Waals surface area contributed by atoms with Gasteiger partial charge in [-0.3, -0.25) is 4.68 Å². The second-order valence-electron chi connectivity index (χ2n) is 3.35. The largest absolute Gasteiger partial charge is 0.346 e. The monoisotopic (exact) mass is 190 g/mol. The molecule has 0 atom stereocenters. The minimum Gasteiger partial charge on any atom is -0.346 e. The smallest absolute Gasteiger partial charge is 0.0539 e. The summed E-state index contributed by atoms with van der Waals surface area (Å²) in [6, 6.07) is 4.05. The van der Waals surface area contributed by atoms with Crippen LogP contribution in [0, 0.1) is 0 Å². The van der Waals surface area contributed by atoms with Gasteiger partial charge in [-0.05, 0) is 12.1 Å². The summed E-state index contributed by atoms with van der Waals surface area (Å²) in [6.07, 6.45) is 5.93. The van der Waals surface area contributed by atoms with Crippen LogP contribution < -0.4 is 5.73 Å². The van der Waals surface area contributed by atoms with Crippen LogP contribution in [0.15, 0.2) is 30.7 Å². The van der Waals surface area contributed by atoms with Crippen LogP contribution in [0.3, 0.4) is 0 Å². The van der Waals surface area contributed by atoms with Crippen molar-refractivity contribution < 1.29 is 0 Å². The first-order valence-corrected chi connectivity index (χ1v) is 4.61. The minimum atomic E-state index is 0.577. The Morgan fingerprint density at radius 1 is 1.50 bits per heavy atom. The van der Waals surface area contributed by atoms with Gasteiger partial charge in [-0.15, -0.1) is 0 Å². The lowest BCUT2D eigenvalue weighted by atomic mass is 10.3. The highest BCUT2D eigenvalue weighted by atomic mass is 15.2. The standard InChI is InChI=1S/C10H14N4/c1-13-7-9(6-12-13)8-14-4-2-3-10(14)5-11/h2-4,6-7H,5,8,11H2,1H3. The summed E-state index contributed by atoms with van der Waals surface area (Å²) < 4.78 is 3.94. The van der Waals surface area contributed by atoms with Crippen molar-refractivity contribution in [1.82, 2.24) is 14.3 Å². The fraction of sp³-hybridized carbons (Fsp3) is 0.300. The zero-order chi connectivity index (χ0) is 9.97. The third-order valence-corrected chi connectivity index (χ3v) is 2.24. The lowest BCUT2D eigenvalue weighted by Crippen LogP contribution is -2.06. The van der Waals surface area contributed by atoms with Gasteiger partial charge in [-0.25, -0.2) is 0 Å². The lowest BCUT2D eigenvalue weighted by Gasteiger charge is -2.04. The molecule has 0 bridgehead atoms. The van der Waals surface area contributed by atoms with Crippen LogP contribution >= 0.6 is 0 Å². The van der Waals surface area contributed by atoms with E-state index in [0.717, 1.165) is 12.2 Å². The Morgan fingerprint density at radius 2 is 2.36 bits per heavy atom. The van der Waals surface area contributed by atoms with Gasteiger partial charge in [0.1, 0.15) is 0 Å². The first-order valence-electron chi connectivity index (χ1n) is 4.61. The Morgan fingerprint density at radius 3 is 3.00 bits per heavy atom. The fourth-order valence-corrected chi connectivity index (χ4v) is 1.54. The Kier molecular flexibility index (Phi) is 2.37. The number of nitrogens with two attached hydrogens (primary N) is 1. The highest BCUT2D eigenvalue weighted by Crippen LogP contribution is 2.06. The normalized spacial score (nSPS) is 10.7. The molecule has 2 heterocycles. The quantitative estimate of drug-likeness (QED) is 0.775. The van der Waals surface area contributed by atoms with E-state index < -0.39 is 0 Å². The molecule has 0 saturated heterocycles. The maximum absolute atomic E-state index is 5.61. The van der Waals surface area contributed by atoms with Crippen molar-refractivity contribution in [3.8, 4) is 0 Å². The van der Waals surface area contributed by atoms with Gasteiger partial charge >= 0.3 is 0 Å². The molecule has 0 aliphatic carbocycles. The second-order valence-corrected chi connectivity index (χ2v) is 3.35. The molecule has 0 amide bonds. The van der Waals surface area contributed by atoms with Crippen LogP contribution in [0.5, 0.6) is 0 Å². The fourth-order valence-electron chi connectivity index (χ4n) is 1.54. The van der Waals surface area contributed by atoms with E-state index in [-0.39, 0.29) is 0 Å².